The van der Waals surface area contributed by atoms with Crippen LogP contribution in [0.2, 0.25) is 0 Å². The van der Waals surface area contributed by atoms with Crippen molar-refractivity contribution in [2.24, 2.45) is 0 Å². The van der Waals surface area contributed by atoms with Gasteiger partial charge in [-0.2, -0.15) is 0 Å². The van der Waals surface area contributed by atoms with Gasteiger partial charge < -0.3 is 10.0 Å². The Bertz CT molecular complexity index is 842. The lowest BCUT2D eigenvalue weighted by Crippen LogP contribution is -2.54. The fourth-order valence-electron chi connectivity index (χ4n) is 3.67. The second kappa shape index (κ2) is 8.62. The molecule has 0 aliphatic carbocycles. The number of aryl methyl sites for hydroxylation is 1. The number of benzene rings is 1. The minimum absolute atomic E-state index is 0.0296. The molecule has 2 atom stereocenters. The molecule has 0 radical (unpaired) electrons. The van der Waals surface area contributed by atoms with E-state index in [1.54, 1.807) is 12.1 Å². The van der Waals surface area contributed by atoms with E-state index in [9.17, 15) is 15.2 Å². The molecule has 1 N–H and O–H groups in total. The van der Waals surface area contributed by atoms with Crippen molar-refractivity contribution in [1.82, 2.24) is 14.9 Å². The highest BCUT2D eigenvalue weighted by molar-refractivity contribution is 5.61. The van der Waals surface area contributed by atoms with Crippen molar-refractivity contribution in [2.45, 2.75) is 39.3 Å². The minimum Gasteiger partial charge on any atom is -0.392 e. The first-order chi connectivity index (χ1) is 13.4. The summed E-state index contributed by atoms with van der Waals surface area (Å²) in [5.41, 5.74) is 1.49. The maximum Gasteiger partial charge on any atom is 0.270 e. The van der Waals surface area contributed by atoms with Gasteiger partial charge in [0.05, 0.1) is 11.0 Å². The van der Waals surface area contributed by atoms with Gasteiger partial charge in [0.25, 0.3) is 5.69 Å². The zero-order valence-corrected chi connectivity index (χ0v) is 16.6. The van der Waals surface area contributed by atoms with E-state index < -0.39 is 4.92 Å². The molecule has 1 fully saturated rings. The van der Waals surface area contributed by atoms with Gasteiger partial charge in [-0.05, 0) is 20.3 Å². The summed E-state index contributed by atoms with van der Waals surface area (Å²) in [6, 6.07) is 8.72. The molecule has 150 valence electrons. The van der Waals surface area contributed by atoms with Crippen LogP contribution in [0, 0.1) is 17.0 Å². The number of hydrogen-bond acceptors (Lipinski definition) is 7. The molecule has 8 nitrogen and oxygen atoms in total. The van der Waals surface area contributed by atoms with Gasteiger partial charge in [0.2, 0.25) is 0 Å². The molecular formula is C20H27N5O3. The monoisotopic (exact) mass is 385 g/mol. The smallest absolute Gasteiger partial charge is 0.270 e. The van der Waals surface area contributed by atoms with Crippen LogP contribution in [0.25, 0.3) is 11.4 Å². The molecular weight excluding hydrogens is 358 g/mol. The van der Waals surface area contributed by atoms with Crippen molar-refractivity contribution in [3.8, 4) is 11.4 Å². The van der Waals surface area contributed by atoms with E-state index in [1.807, 2.05) is 19.9 Å². The molecule has 8 heteroatoms. The highest BCUT2D eigenvalue weighted by Gasteiger charge is 2.27. The Kier molecular flexibility index (Phi) is 6.21. The molecule has 2 unspecified atom stereocenters. The molecule has 1 aromatic heterocycles. The second-order valence-electron chi connectivity index (χ2n) is 7.35. The fourth-order valence-corrected chi connectivity index (χ4v) is 3.67. The van der Waals surface area contributed by atoms with E-state index in [0.29, 0.717) is 24.0 Å². The molecule has 1 aromatic carbocycles. The number of aliphatic hydroxyl groups is 1. The van der Waals surface area contributed by atoms with Gasteiger partial charge in [0, 0.05) is 61.7 Å². The van der Waals surface area contributed by atoms with Crippen LogP contribution in [0.15, 0.2) is 30.3 Å². The second-order valence-corrected chi connectivity index (χ2v) is 7.35. The van der Waals surface area contributed by atoms with Crippen molar-refractivity contribution in [1.29, 1.82) is 0 Å². The number of aromatic nitrogens is 2. The summed E-state index contributed by atoms with van der Waals surface area (Å²) in [4.78, 5) is 24.4. The number of β-amino-alcohol motifs (C(OH)–C–C–N with tert-alkyl or cyclic N) is 1. The molecule has 1 aliphatic rings. The summed E-state index contributed by atoms with van der Waals surface area (Å²) in [7, 11) is 0. The summed E-state index contributed by atoms with van der Waals surface area (Å²) >= 11 is 0. The van der Waals surface area contributed by atoms with Crippen LogP contribution in [0.5, 0.6) is 0 Å². The number of rotatable bonds is 6. The first kappa shape index (κ1) is 20.2. The Hall–Kier alpha value is -2.58. The third-order valence-corrected chi connectivity index (χ3v) is 5.05. The van der Waals surface area contributed by atoms with Crippen molar-refractivity contribution >= 4 is 11.5 Å². The molecule has 2 heterocycles. The number of non-ortho nitro benzene ring substituents is 1. The molecule has 0 amide bonds. The molecule has 0 spiro atoms. The van der Waals surface area contributed by atoms with Crippen LogP contribution in [-0.2, 0) is 0 Å². The summed E-state index contributed by atoms with van der Waals surface area (Å²) in [6.45, 7) is 9.06. The van der Waals surface area contributed by atoms with Gasteiger partial charge in [-0.3, -0.25) is 15.0 Å². The molecule has 28 heavy (non-hydrogen) atoms. The zero-order chi connectivity index (χ0) is 20.3. The minimum atomic E-state index is -0.409. The van der Waals surface area contributed by atoms with E-state index >= 15 is 0 Å². The van der Waals surface area contributed by atoms with E-state index in [2.05, 4.69) is 21.7 Å². The SMILES string of the molecule is CCC1CN(c2cc(C)nc(-c3cccc([N+](=O)[O-])c3)n2)CCN1CC(C)O. The number of aliphatic hydroxyl groups excluding tert-OH is 1. The van der Waals surface area contributed by atoms with Crippen molar-refractivity contribution in [3.63, 3.8) is 0 Å². The number of anilines is 1. The number of piperazine rings is 1. The number of nitro benzene ring substituents is 1. The quantitative estimate of drug-likeness (QED) is 0.603. The molecule has 0 bridgehead atoms. The number of nitro groups is 1. The van der Waals surface area contributed by atoms with Gasteiger partial charge in [0.15, 0.2) is 5.82 Å². The highest BCUT2D eigenvalue weighted by Crippen LogP contribution is 2.25. The number of nitrogens with zero attached hydrogens (tertiary/aromatic N) is 5. The van der Waals surface area contributed by atoms with Crippen LogP contribution in [0.4, 0.5) is 11.5 Å². The van der Waals surface area contributed by atoms with Crippen molar-refractivity contribution in [3.05, 3.63) is 46.1 Å². The lowest BCUT2D eigenvalue weighted by molar-refractivity contribution is -0.384. The van der Waals surface area contributed by atoms with Crippen LogP contribution >= 0.6 is 0 Å². The Morgan fingerprint density at radius 2 is 2.11 bits per heavy atom. The van der Waals surface area contributed by atoms with Crippen LogP contribution < -0.4 is 4.90 Å². The molecule has 0 saturated carbocycles. The summed E-state index contributed by atoms with van der Waals surface area (Å²) in [6.07, 6.45) is 0.646. The Morgan fingerprint density at radius 1 is 1.32 bits per heavy atom. The van der Waals surface area contributed by atoms with E-state index in [1.165, 1.54) is 12.1 Å². The summed E-state index contributed by atoms with van der Waals surface area (Å²) in [5, 5.41) is 20.8. The predicted octanol–water partition coefficient (Wildman–Crippen LogP) is 2.64. The lowest BCUT2D eigenvalue weighted by atomic mass is 10.1. The number of hydrogen-bond donors (Lipinski definition) is 1. The Labute approximate surface area is 165 Å². The third-order valence-electron chi connectivity index (χ3n) is 5.05. The van der Waals surface area contributed by atoms with Gasteiger partial charge in [-0.25, -0.2) is 9.97 Å². The Balaban J connectivity index is 1.86. The summed E-state index contributed by atoms with van der Waals surface area (Å²) in [5.74, 6) is 1.34. The highest BCUT2D eigenvalue weighted by atomic mass is 16.6. The topological polar surface area (TPSA) is 95.6 Å². The zero-order valence-electron chi connectivity index (χ0n) is 16.6. The van der Waals surface area contributed by atoms with Crippen LogP contribution in [-0.4, -0.2) is 63.2 Å². The molecule has 2 aromatic rings. The maximum atomic E-state index is 11.1. The van der Waals surface area contributed by atoms with Gasteiger partial charge >= 0.3 is 0 Å². The first-order valence-electron chi connectivity index (χ1n) is 9.65. The van der Waals surface area contributed by atoms with Gasteiger partial charge in [0.1, 0.15) is 5.82 Å². The molecule has 1 aliphatic heterocycles. The maximum absolute atomic E-state index is 11.1. The van der Waals surface area contributed by atoms with Crippen molar-refractivity contribution in [2.75, 3.05) is 31.1 Å². The largest absolute Gasteiger partial charge is 0.392 e. The van der Waals surface area contributed by atoms with E-state index in [0.717, 1.165) is 37.6 Å². The first-order valence-corrected chi connectivity index (χ1v) is 9.65. The Morgan fingerprint density at radius 3 is 2.79 bits per heavy atom. The molecule has 3 rings (SSSR count). The van der Waals surface area contributed by atoms with Crippen molar-refractivity contribution < 1.29 is 10.0 Å². The van der Waals surface area contributed by atoms with E-state index in [-0.39, 0.29) is 11.8 Å². The predicted molar refractivity (Wildman–Crippen MR) is 108 cm³/mol. The van der Waals surface area contributed by atoms with Crippen LogP contribution in [0.1, 0.15) is 26.0 Å². The normalized spacial score (nSPS) is 18.9. The average molecular weight is 385 g/mol. The standard InChI is InChI=1S/C20H27N5O3/c1-4-17-13-24(9-8-23(17)12-15(3)26)19-10-14(2)21-20(22-19)16-6-5-7-18(11-16)25(27)28/h5-7,10-11,15,17,26H,4,8-9,12-13H2,1-3H3. The fraction of sp³-hybridized carbons (Fsp3) is 0.500. The van der Waals surface area contributed by atoms with Gasteiger partial charge in [-0.15, -0.1) is 0 Å². The van der Waals surface area contributed by atoms with Gasteiger partial charge in [-0.1, -0.05) is 19.1 Å². The van der Waals surface area contributed by atoms with Crippen LogP contribution in [0.3, 0.4) is 0 Å². The summed E-state index contributed by atoms with van der Waals surface area (Å²) < 4.78 is 0. The molecule has 1 saturated heterocycles. The third kappa shape index (κ3) is 4.63. The average Bonchev–Trinajstić information content (AvgIpc) is 2.67. The lowest BCUT2D eigenvalue weighted by Gasteiger charge is -2.42. The van der Waals surface area contributed by atoms with E-state index in [4.69, 9.17) is 4.98 Å².